The van der Waals surface area contributed by atoms with Gasteiger partial charge >= 0.3 is 0 Å². The van der Waals surface area contributed by atoms with E-state index in [2.05, 4.69) is 10.3 Å². The van der Waals surface area contributed by atoms with Gasteiger partial charge in [0.05, 0.1) is 19.2 Å². The van der Waals surface area contributed by atoms with Crippen LogP contribution in [0.25, 0.3) is 11.3 Å². The third kappa shape index (κ3) is 4.96. The molecule has 2 amide bonds. The van der Waals surface area contributed by atoms with E-state index in [9.17, 15) is 9.59 Å². The number of ether oxygens (including phenoxy) is 1. The number of hydrogen-bond acceptors (Lipinski definition) is 5. The van der Waals surface area contributed by atoms with Gasteiger partial charge in [-0.15, -0.1) is 0 Å². The highest BCUT2D eigenvalue weighted by atomic mass is 16.5. The number of benzene rings is 1. The first-order valence-corrected chi connectivity index (χ1v) is 10.3. The molecule has 2 fully saturated rings. The van der Waals surface area contributed by atoms with Crippen LogP contribution in [0.1, 0.15) is 38.0 Å². The van der Waals surface area contributed by atoms with Crippen LogP contribution in [-0.2, 0) is 16.0 Å². The van der Waals surface area contributed by atoms with Crippen molar-refractivity contribution in [3.8, 4) is 17.1 Å². The molecule has 0 spiro atoms. The molecule has 7 heteroatoms. The molecule has 0 bridgehead atoms. The maximum Gasteiger partial charge on any atom is 0.225 e. The van der Waals surface area contributed by atoms with Gasteiger partial charge in [0.1, 0.15) is 5.75 Å². The van der Waals surface area contributed by atoms with E-state index in [0.717, 1.165) is 37.0 Å². The number of nitrogens with zero attached hydrogens (tertiary/aromatic N) is 2. The molecule has 2 aromatic rings. The summed E-state index contributed by atoms with van der Waals surface area (Å²) in [6, 6.07) is 7.92. The van der Waals surface area contributed by atoms with Gasteiger partial charge in [0.25, 0.3) is 0 Å². The minimum Gasteiger partial charge on any atom is -0.497 e. The predicted molar refractivity (Wildman–Crippen MR) is 107 cm³/mol. The van der Waals surface area contributed by atoms with Crippen molar-refractivity contribution in [3.05, 3.63) is 36.4 Å². The minimum atomic E-state index is -0.0864. The van der Waals surface area contributed by atoms with Crippen LogP contribution in [0.5, 0.6) is 5.75 Å². The van der Waals surface area contributed by atoms with Crippen LogP contribution in [0.3, 0.4) is 0 Å². The molecule has 1 saturated heterocycles. The lowest BCUT2D eigenvalue weighted by Crippen LogP contribution is -2.45. The summed E-state index contributed by atoms with van der Waals surface area (Å²) in [5.74, 6) is 2.07. The summed E-state index contributed by atoms with van der Waals surface area (Å²) < 4.78 is 11.0. The first-order chi connectivity index (χ1) is 14.1. The van der Waals surface area contributed by atoms with E-state index in [1.54, 1.807) is 13.3 Å². The molecule has 2 heterocycles. The van der Waals surface area contributed by atoms with Crippen LogP contribution in [0, 0.1) is 5.92 Å². The molecule has 1 N–H and O–H groups in total. The Bertz CT molecular complexity index is 857. The average molecular weight is 397 g/mol. The molecule has 1 unspecified atom stereocenters. The number of amides is 2. The Kier molecular flexibility index (Phi) is 5.83. The van der Waals surface area contributed by atoms with E-state index in [1.807, 2.05) is 29.2 Å². The van der Waals surface area contributed by atoms with Crippen LogP contribution in [-0.4, -0.2) is 47.9 Å². The number of rotatable bonds is 7. The third-order valence-electron chi connectivity index (χ3n) is 5.55. The van der Waals surface area contributed by atoms with E-state index in [1.165, 1.54) is 0 Å². The average Bonchev–Trinajstić information content (AvgIpc) is 3.45. The fraction of sp³-hybridized carbons (Fsp3) is 0.500. The van der Waals surface area contributed by atoms with Gasteiger partial charge in [-0.2, -0.15) is 0 Å². The maximum atomic E-state index is 12.6. The number of methoxy groups -OCH3 is 1. The molecule has 29 heavy (non-hydrogen) atoms. The molecule has 7 nitrogen and oxygen atoms in total. The van der Waals surface area contributed by atoms with Crippen molar-refractivity contribution in [2.45, 2.75) is 44.6 Å². The third-order valence-corrected chi connectivity index (χ3v) is 5.55. The Morgan fingerprint density at radius 1 is 1.24 bits per heavy atom. The van der Waals surface area contributed by atoms with Crippen LogP contribution in [0.4, 0.5) is 0 Å². The number of oxazole rings is 1. The lowest BCUT2D eigenvalue weighted by Gasteiger charge is -2.32. The SMILES string of the molecule is COc1ccc(-c2cnc(CCC(=O)N3CCCC(C(=O)NC4CC4)C3)o2)cc1. The molecular weight excluding hydrogens is 370 g/mol. The van der Waals surface area contributed by atoms with E-state index in [-0.39, 0.29) is 17.7 Å². The van der Waals surface area contributed by atoms with Crippen molar-refractivity contribution in [2.24, 2.45) is 5.92 Å². The summed E-state index contributed by atoms with van der Waals surface area (Å²) in [7, 11) is 1.63. The highest BCUT2D eigenvalue weighted by Crippen LogP contribution is 2.25. The zero-order valence-corrected chi connectivity index (χ0v) is 16.7. The Morgan fingerprint density at radius 2 is 2.03 bits per heavy atom. The lowest BCUT2D eigenvalue weighted by atomic mass is 9.96. The number of aromatic nitrogens is 1. The number of hydrogen-bond donors (Lipinski definition) is 1. The number of aryl methyl sites for hydroxylation is 1. The Hall–Kier alpha value is -2.83. The minimum absolute atomic E-state index is 0.0538. The number of piperidine rings is 1. The molecular formula is C22H27N3O4. The Morgan fingerprint density at radius 3 is 2.76 bits per heavy atom. The topological polar surface area (TPSA) is 84.7 Å². The summed E-state index contributed by atoms with van der Waals surface area (Å²) in [4.78, 5) is 31.0. The molecule has 1 saturated carbocycles. The lowest BCUT2D eigenvalue weighted by molar-refractivity contribution is -0.135. The van der Waals surface area contributed by atoms with Gasteiger partial charge in [0.2, 0.25) is 11.8 Å². The van der Waals surface area contributed by atoms with Gasteiger partial charge in [-0.1, -0.05) is 0 Å². The van der Waals surface area contributed by atoms with Crippen LogP contribution >= 0.6 is 0 Å². The molecule has 1 aromatic carbocycles. The second-order valence-electron chi connectivity index (χ2n) is 7.81. The maximum absolute atomic E-state index is 12.6. The van der Waals surface area contributed by atoms with Crippen molar-refractivity contribution >= 4 is 11.8 Å². The summed E-state index contributed by atoms with van der Waals surface area (Å²) in [6.07, 6.45) is 6.35. The second kappa shape index (κ2) is 8.68. The van der Waals surface area contributed by atoms with E-state index in [4.69, 9.17) is 9.15 Å². The van der Waals surface area contributed by atoms with Crippen molar-refractivity contribution in [2.75, 3.05) is 20.2 Å². The predicted octanol–water partition coefficient (Wildman–Crippen LogP) is 2.80. The van der Waals surface area contributed by atoms with Gasteiger partial charge in [-0.05, 0) is 49.9 Å². The molecule has 1 aromatic heterocycles. The monoisotopic (exact) mass is 397 g/mol. The zero-order chi connectivity index (χ0) is 20.2. The largest absolute Gasteiger partial charge is 0.497 e. The van der Waals surface area contributed by atoms with Crippen molar-refractivity contribution < 1.29 is 18.7 Å². The highest BCUT2D eigenvalue weighted by Gasteiger charge is 2.31. The number of likely N-dealkylation sites (tertiary alicyclic amines) is 1. The molecule has 4 rings (SSSR count). The summed E-state index contributed by atoms with van der Waals surface area (Å²) >= 11 is 0. The van der Waals surface area contributed by atoms with Gasteiger partial charge in [-0.25, -0.2) is 4.98 Å². The molecule has 1 aliphatic carbocycles. The Labute approximate surface area is 170 Å². The molecule has 2 aliphatic rings. The quantitative estimate of drug-likeness (QED) is 0.777. The van der Waals surface area contributed by atoms with Crippen molar-refractivity contribution in [3.63, 3.8) is 0 Å². The molecule has 154 valence electrons. The molecule has 1 aliphatic heterocycles. The normalized spacial score (nSPS) is 19.1. The van der Waals surface area contributed by atoms with E-state index >= 15 is 0 Å². The second-order valence-corrected chi connectivity index (χ2v) is 7.81. The first kappa shape index (κ1) is 19.5. The summed E-state index contributed by atoms with van der Waals surface area (Å²) in [5.41, 5.74) is 0.913. The highest BCUT2D eigenvalue weighted by molar-refractivity contribution is 5.81. The fourth-order valence-corrected chi connectivity index (χ4v) is 3.65. The molecule has 0 radical (unpaired) electrons. The van der Waals surface area contributed by atoms with Gasteiger partial charge in [0.15, 0.2) is 11.7 Å². The van der Waals surface area contributed by atoms with Gasteiger partial charge in [0, 0.05) is 37.5 Å². The van der Waals surface area contributed by atoms with E-state index < -0.39 is 0 Å². The number of carbonyl (C=O) groups excluding carboxylic acids is 2. The van der Waals surface area contributed by atoms with Crippen LogP contribution in [0.15, 0.2) is 34.9 Å². The standard InChI is InChI=1S/C22H27N3O4/c1-28-18-8-4-15(5-9-18)19-13-23-20(29-19)10-11-21(26)25-12-2-3-16(14-25)22(27)24-17-6-7-17/h4-5,8-9,13,16-17H,2-3,6-7,10-12,14H2,1H3,(H,24,27). The summed E-state index contributed by atoms with van der Waals surface area (Å²) in [6.45, 7) is 1.23. The zero-order valence-electron chi connectivity index (χ0n) is 16.7. The van der Waals surface area contributed by atoms with Crippen LogP contribution < -0.4 is 10.1 Å². The number of carbonyl (C=O) groups is 2. The van der Waals surface area contributed by atoms with Gasteiger partial charge < -0.3 is 19.4 Å². The van der Waals surface area contributed by atoms with Crippen molar-refractivity contribution in [1.82, 2.24) is 15.2 Å². The summed E-state index contributed by atoms with van der Waals surface area (Å²) in [5, 5.41) is 3.06. The smallest absolute Gasteiger partial charge is 0.225 e. The van der Waals surface area contributed by atoms with Crippen molar-refractivity contribution in [1.29, 1.82) is 0 Å². The Balaban J connectivity index is 1.28. The number of nitrogens with one attached hydrogen (secondary N) is 1. The van der Waals surface area contributed by atoms with Gasteiger partial charge in [-0.3, -0.25) is 9.59 Å². The first-order valence-electron chi connectivity index (χ1n) is 10.3. The van der Waals surface area contributed by atoms with Crippen LogP contribution in [0.2, 0.25) is 0 Å². The molecule has 1 atom stereocenters. The fourth-order valence-electron chi connectivity index (χ4n) is 3.65. The van der Waals surface area contributed by atoms with E-state index in [0.29, 0.717) is 43.6 Å².